The Balaban J connectivity index is 1.59. The maximum absolute atomic E-state index is 11.7. The van der Waals surface area contributed by atoms with E-state index in [-0.39, 0.29) is 6.10 Å². The molecular formula is C19H21N3O3S. The highest BCUT2D eigenvalue weighted by Gasteiger charge is 2.15. The zero-order valence-corrected chi connectivity index (χ0v) is 15.4. The highest BCUT2D eigenvalue weighted by atomic mass is 32.2. The van der Waals surface area contributed by atoms with E-state index in [1.807, 2.05) is 35.0 Å². The van der Waals surface area contributed by atoms with Gasteiger partial charge in [-0.3, -0.25) is 0 Å². The Hall–Kier alpha value is -2.38. The number of sulfone groups is 1. The van der Waals surface area contributed by atoms with E-state index >= 15 is 0 Å². The van der Waals surface area contributed by atoms with Crippen molar-refractivity contribution in [3.8, 4) is 11.6 Å². The van der Waals surface area contributed by atoms with Gasteiger partial charge in [0.05, 0.1) is 16.6 Å². The first-order valence-corrected chi connectivity index (χ1v) is 10.5. The molecule has 6 nitrogen and oxygen atoms in total. The lowest BCUT2D eigenvalue weighted by atomic mass is 10.1. The first kappa shape index (κ1) is 17.1. The zero-order valence-electron chi connectivity index (χ0n) is 14.6. The van der Waals surface area contributed by atoms with E-state index in [2.05, 4.69) is 10.3 Å². The van der Waals surface area contributed by atoms with Crippen molar-refractivity contribution in [3.05, 3.63) is 48.8 Å². The zero-order chi connectivity index (χ0) is 18.1. The predicted octanol–water partition coefficient (Wildman–Crippen LogP) is 2.56. The molecule has 1 fully saturated rings. The van der Waals surface area contributed by atoms with Gasteiger partial charge in [0, 0.05) is 17.8 Å². The lowest BCUT2D eigenvalue weighted by Gasteiger charge is -2.23. The van der Waals surface area contributed by atoms with Crippen molar-refractivity contribution in [1.82, 2.24) is 14.9 Å². The van der Waals surface area contributed by atoms with Crippen molar-refractivity contribution >= 4 is 20.7 Å². The highest BCUT2D eigenvalue weighted by Crippen LogP contribution is 2.24. The summed E-state index contributed by atoms with van der Waals surface area (Å²) < 4.78 is 31.4. The fraction of sp³-hybridized carbons (Fsp3) is 0.316. The molecule has 3 aromatic rings. The SMILES string of the molecule is CS(=O)(=O)c1ccc2c(ccn2-c2ccc(OC3CCNCC3)cn2)c1. The van der Waals surface area contributed by atoms with Crippen LogP contribution in [0.15, 0.2) is 53.7 Å². The van der Waals surface area contributed by atoms with Gasteiger partial charge in [-0.1, -0.05) is 0 Å². The summed E-state index contributed by atoms with van der Waals surface area (Å²) >= 11 is 0. The molecule has 0 unspecified atom stereocenters. The first-order valence-electron chi connectivity index (χ1n) is 8.66. The van der Waals surface area contributed by atoms with Crippen LogP contribution in [0.2, 0.25) is 0 Å². The fourth-order valence-electron chi connectivity index (χ4n) is 3.24. The van der Waals surface area contributed by atoms with Crippen LogP contribution < -0.4 is 10.1 Å². The molecule has 0 spiro atoms. The van der Waals surface area contributed by atoms with Crippen LogP contribution in [0, 0.1) is 0 Å². The standard InChI is InChI=1S/C19H21N3O3S/c1-26(23,24)17-3-4-18-14(12-17)8-11-22(18)19-5-2-16(13-21-19)25-15-6-9-20-10-7-15/h2-5,8,11-13,15,20H,6-7,9-10H2,1H3. The number of piperidine rings is 1. The summed E-state index contributed by atoms with van der Waals surface area (Å²) in [6.45, 7) is 1.97. The second-order valence-corrected chi connectivity index (χ2v) is 8.61. The van der Waals surface area contributed by atoms with Crippen LogP contribution in [0.25, 0.3) is 16.7 Å². The van der Waals surface area contributed by atoms with Gasteiger partial charge in [-0.2, -0.15) is 0 Å². The van der Waals surface area contributed by atoms with Gasteiger partial charge < -0.3 is 14.6 Å². The number of ether oxygens (including phenoxy) is 1. The highest BCUT2D eigenvalue weighted by molar-refractivity contribution is 7.90. The molecule has 0 bridgehead atoms. The topological polar surface area (TPSA) is 73.2 Å². The van der Waals surface area contributed by atoms with Crippen molar-refractivity contribution < 1.29 is 13.2 Å². The van der Waals surface area contributed by atoms with Gasteiger partial charge in [0.2, 0.25) is 0 Å². The number of pyridine rings is 1. The van der Waals surface area contributed by atoms with E-state index in [0.717, 1.165) is 48.4 Å². The molecule has 26 heavy (non-hydrogen) atoms. The third kappa shape index (κ3) is 3.45. The van der Waals surface area contributed by atoms with Gasteiger partial charge in [-0.25, -0.2) is 13.4 Å². The quantitative estimate of drug-likeness (QED) is 0.763. The minimum absolute atomic E-state index is 0.241. The van der Waals surface area contributed by atoms with E-state index < -0.39 is 9.84 Å². The predicted molar refractivity (Wildman–Crippen MR) is 101 cm³/mol. The monoisotopic (exact) mass is 371 g/mol. The smallest absolute Gasteiger partial charge is 0.175 e. The average Bonchev–Trinajstić information content (AvgIpc) is 3.06. The summed E-state index contributed by atoms with van der Waals surface area (Å²) in [5.74, 6) is 1.54. The minimum Gasteiger partial charge on any atom is -0.489 e. The van der Waals surface area contributed by atoms with Gasteiger partial charge in [-0.15, -0.1) is 0 Å². The normalized spacial score (nSPS) is 16.0. The summed E-state index contributed by atoms with van der Waals surface area (Å²) in [4.78, 5) is 4.83. The molecule has 136 valence electrons. The number of aromatic nitrogens is 2. The second kappa shape index (κ2) is 6.74. The lowest BCUT2D eigenvalue weighted by molar-refractivity contribution is 0.162. The Bertz CT molecular complexity index is 1020. The molecule has 0 atom stereocenters. The lowest BCUT2D eigenvalue weighted by Crippen LogP contribution is -2.34. The summed E-state index contributed by atoms with van der Waals surface area (Å²) in [7, 11) is -3.22. The first-order chi connectivity index (χ1) is 12.5. The van der Waals surface area contributed by atoms with E-state index in [4.69, 9.17) is 4.74 Å². The Kier molecular flexibility index (Phi) is 4.42. The van der Waals surface area contributed by atoms with Gasteiger partial charge in [0.1, 0.15) is 17.7 Å². The maximum atomic E-state index is 11.7. The van der Waals surface area contributed by atoms with Gasteiger partial charge in [0.25, 0.3) is 0 Å². The summed E-state index contributed by atoms with van der Waals surface area (Å²) in [6, 6.07) is 10.9. The summed E-state index contributed by atoms with van der Waals surface area (Å²) in [5.41, 5.74) is 0.914. The molecule has 0 radical (unpaired) electrons. The number of hydrogen-bond donors (Lipinski definition) is 1. The summed E-state index contributed by atoms with van der Waals surface area (Å²) in [6.07, 6.45) is 7.11. The van der Waals surface area contributed by atoms with Gasteiger partial charge >= 0.3 is 0 Å². The van der Waals surface area contributed by atoms with Gasteiger partial charge in [0.15, 0.2) is 9.84 Å². The van der Waals surface area contributed by atoms with Crippen molar-refractivity contribution in [1.29, 1.82) is 0 Å². The van der Waals surface area contributed by atoms with Crippen LogP contribution >= 0.6 is 0 Å². The molecule has 7 heteroatoms. The number of nitrogens with zero attached hydrogens (tertiary/aromatic N) is 2. The van der Waals surface area contributed by atoms with Crippen LogP contribution in [-0.4, -0.2) is 43.4 Å². The van der Waals surface area contributed by atoms with Crippen molar-refractivity contribution in [2.24, 2.45) is 0 Å². The van der Waals surface area contributed by atoms with E-state index in [1.165, 1.54) is 6.26 Å². The van der Waals surface area contributed by atoms with Crippen LogP contribution in [-0.2, 0) is 9.84 Å². The molecule has 0 saturated carbocycles. The van der Waals surface area contributed by atoms with E-state index in [9.17, 15) is 8.42 Å². The Morgan fingerprint density at radius 3 is 2.65 bits per heavy atom. The number of hydrogen-bond acceptors (Lipinski definition) is 5. The molecule has 0 amide bonds. The molecule has 0 aliphatic carbocycles. The number of nitrogens with one attached hydrogen (secondary N) is 1. The second-order valence-electron chi connectivity index (χ2n) is 6.60. The largest absolute Gasteiger partial charge is 0.489 e. The Morgan fingerprint density at radius 1 is 1.15 bits per heavy atom. The molecular weight excluding hydrogens is 350 g/mol. The van der Waals surface area contributed by atoms with Crippen molar-refractivity contribution in [2.75, 3.05) is 19.3 Å². The van der Waals surface area contributed by atoms with Crippen molar-refractivity contribution in [3.63, 3.8) is 0 Å². The van der Waals surface area contributed by atoms with Crippen LogP contribution in [0.3, 0.4) is 0 Å². The van der Waals surface area contributed by atoms with Gasteiger partial charge in [-0.05, 0) is 62.3 Å². The third-order valence-corrected chi connectivity index (χ3v) is 5.76. The van der Waals surface area contributed by atoms with Crippen LogP contribution in [0.4, 0.5) is 0 Å². The number of rotatable bonds is 4. The Labute approximate surface area is 152 Å². The van der Waals surface area contributed by atoms with Crippen LogP contribution in [0.5, 0.6) is 5.75 Å². The molecule has 1 N–H and O–H groups in total. The fourth-order valence-corrected chi connectivity index (χ4v) is 3.90. The molecule has 4 rings (SSSR count). The van der Waals surface area contributed by atoms with E-state index in [0.29, 0.717) is 4.90 Å². The molecule has 1 aromatic carbocycles. The summed E-state index contributed by atoms with van der Waals surface area (Å²) in [5, 5.41) is 4.19. The molecule has 3 heterocycles. The average molecular weight is 371 g/mol. The Morgan fingerprint density at radius 2 is 1.96 bits per heavy atom. The minimum atomic E-state index is -3.22. The van der Waals surface area contributed by atoms with Crippen molar-refractivity contribution in [2.45, 2.75) is 23.8 Å². The molecule has 2 aromatic heterocycles. The molecule has 1 saturated heterocycles. The third-order valence-electron chi connectivity index (χ3n) is 4.65. The van der Waals surface area contributed by atoms with E-state index in [1.54, 1.807) is 18.3 Å². The van der Waals surface area contributed by atoms with Crippen LogP contribution in [0.1, 0.15) is 12.8 Å². The number of fused-ring (bicyclic) bond motifs is 1. The molecule has 1 aliphatic rings. The molecule has 1 aliphatic heterocycles. The number of benzene rings is 1. The maximum Gasteiger partial charge on any atom is 0.175 e.